The fourth-order valence-corrected chi connectivity index (χ4v) is 1.65. The average molecular weight is 235 g/mol. The lowest BCUT2D eigenvalue weighted by Crippen LogP contribution is -2.41. The highest BCUT2D eigenvalue weighted by Crippen LogP contribution is 2.44. The summed E-state index contributed by atoms with van der Waals surface area (Å²) in [6.07, 6.45) is 3.48. The van der Waals surface area contributed by atoms with Gasteiger partial charge < -0.3 is 9.47 Å². The summed E-state index contributed by atoms with van der Waals surface area (Å²) < 4.78 is 11.7. The van der Waals surface area contributed by atoms with Crippen LogP contribution in [-0.4, -0.2) is 22.5 Å². The summed E-state index contributed by atoms with van der Waals surface area (Å²) in [6, 6.07) is 1.74. The summed E-state index contributed by atoms with van der Waals surface area (Å²) >= 11 is 0. The third-order valence-corrected chi connectivity index (χ3v) is 3.44. The van der Waals surface area contributed by atoms with Gasteiger partial charge in [0.15, 0.2) is 12.6 Å². The second kappa shape index (κ2) is 3.89. The molecule has 2 rings (SSSR count). The predicted octanol–water partition coefficient (Wildman–Crippen LogP) is 2.50. The van der Waals surface area contributed by atoms with E-state index >= 15 is 0 Å². The van der Waals surface area contributed by atoms with Crippen LogP contribution in [0.5, 0.6) is 0 Å². The molecule has 1 aromatic rings. The van der Waals surface area contributed by atoms with Crippen molar-refractivity contribution in [3.05, 3.63) is 29.6 Å². The number of rotatable bonds is 2. The number of hydrogen-bond donors (Lipinski definition) is 0. The van der Waals surface area contributed by atoms with Crippen molar-refractivity contribution < 1.29 is 14.3 Å². The Kier molecular flexibility index (Phi) is 2.79. The van der Waals surface area contributed by atoms with Crippen LogP contribution in [0.15, 0.2) is 18.5 Å². The second-order valence-corrected chi connectivity index (χ2v) is 5.26. The summed E-state index contributed by atoms with van der Waals surface area (Å²) in [5.74, 6) is 0. The first kappa shape index (κ1) is 12.2. The first-order valence-electron chi connectivity index (χ1n) is 5.61. The molecule has 1 aromatic heterocycles. The molecule has 1 aliphatic rings. The third-order valence-electron chi connectivity index (χ3n) is 3.44. The number of aromatic nitrogens is 1. The fourth-order valence-electron chi connectivity index (χ4n) is 1.65. The Balaban J connectivity index is 2.28. The molecule has 0 atom stereocenters. The molecule has 1 saturated heterocycles. The van der Waals surface area contributed by atoms with Gasteiger partial charge in [0.05, 0.1) is 11.2 Å². The number of aldehydes is 1. The highest BCUT2D eigenvalue weighted by molar-refractivity contribution is 5.74. The summed E-state index contributed by atoms with van der Waals surface area (Å²) in [6.45, 7) is 7.96. The van der Waals surface area contributed by atoms with Crippen LogP contribution in [0.2, 0.25) is 0 Å². The van der Waals surface area contributed by atoms with Crippen molar-refractivity contribution >= 4 is 6.29 Å². The summed E-state index contributed by atoms with van der Waals surface area (Å²) in [7, 11) is 0. The van der Waals surface area contributed by atoms with Crippen LogP contribution in [0.4, 0.5) is 0 Å². The monoisotopic (exact) mass is 235 g/mol. The highest BCUT2D eigenvalue weighted by atomic mass is 16.7. The Labute approximate surface area is 101 Å². The zero-order valence-electron chi connectivity index (χ0n) is 10.6. The lowest BCUT2D eigenvalue weighted by molar-refractivity contribution is -0.0897. The molecule has 17 heavy (non-hydrogen) atoms. The van der Waals surface area contributed by atoms with Crippen molar-refractivity contribution in [2.45, 2.75) is 45.2 Å². The van der Waals surface area contributed by atoms with Crippen LogP contribution >= 0.6 is 0 Å². The summed E-state index contributed by atoms with van der Waals surface area (Å²) in [5, 5.41) is 0. The molecule has 0 aliphatic carbocycles. The van der Waals surface area contributed by atoms with Crippen molar-refractivity contribution in [3.63, 3.8) is 0 Å². The first-order valence-corrected chi connectivity index (χ1v) is 5.61. The van der Waals surface area contributed by atoms with Gasteiger partial charge in [-0.1, -0.05) is 0 Å². The maximum absolute atomic E-state index is 10.7. The van der Waals surface area contributed by atoms with E-state index in [-0.39, 0.29) is 11.2 Å². The van der Waals surface area contributed by atoms with Crippen LogP contribution in [0.1, 0.15) is 49.9 Å². The van der Waals surface area contributed by atoms with Gasteiger partial charge in [-0.15, -0.1) is 0 Å². The molecule has 0 aromatic carbocycles. The van der Waals surface area contributed by atoms with Gasteiger partial charge in [0.25, 0.3) is 0 Å². The fraction of sp³-hybridized carbons (Fsp3) is 0.538. The molecule has 0 unspecified atom stereocenters. The van der Waals surface area contributed by atoms with Crippen molar-refractivity contribution in [1.82, 2.24) is 4.98 Å². The number of carbonyl (C=O) groups excluding carboxylic acids is 1. The van der Waals surface area contributed by atoms with Crippen LogP contribution in [-0.2, 0) is 9.47 Å². The van der Waals surface area contributed by atoms with Gasteiger partial charge >= 0.3 is 0 Å². The molecule has 1 aliphatic heterocycles. The minimum atomic E-state index is -0.465. The quantitative estimate of drug-likeness (QED) is 0.739. The minimum absolute atomic E-state index is 0.380. The Morgan fingerprint density at radius 3 is 2.29 bits per heavy atom. The molecule has 92 valence electrons. The number of pyridine rings is 1. The zero-order chi connectivity index (χ0) is 12.7. The van der Waals surface area contributed by atoms with Crippen molar-refractivity contribution in [3.8, 4) is 0 Å². The third kappa shape index (κ3) is 2.10. The average Bonchev–Trinajstić information content (AvgIpc) is 2.48. The van der Waals surface area contributed by atoms with E-state index in [1.807, 2.05) is 27.7 Å². The molecular weight excluding hydrogens is 218 g/mol. The van der Waals surface area contributed by atoms with Gasteiger partial charge in [-0.05, 0) is 33.8 Å². The summed E-state index contributed by atoms with van der Waals surface area (Å²) in [5.41, 5.74) is 0.537. The lowest BCUT2D eigenvalue weighted by atomic mass is 9.90. The SMILES string of the molecule is CC1(C)OC(c2cncc(C=O)c2)OC1(C)C. The molecule has 4 heteroatoms. The minimum Gasteiger partial charge on any atom is -0.339 e. The Bertz CT molecular complexity index is 424. The van der Waals surface area contributed by atoms with Gasteiger partial charge in [0.1, 0.15) is 0 Å². The predicted molar refractivity (Wildman–Crippen MR) is 62.7 cm³/mol. The van der Waals surface area contributed by atoms with Gasteiger partial charge in [0, 0.05) is 23.5 Å². The molecule has 2 heterocycles. The number of carbonyl (C=O) groups is 1. The van der Waals surface area contributed by atoms with E-state index in [1.165, 1.54) is 6.20 Å². The van der Waals surface area contributed by atoms with Crippen LogP contribution in [0.25, 0.3) is 0 Å². The topological polar surface area (TPSA) is 48.4 Å². The van der Waals surface area contributed by atoms with E-state index in [0.717, 1.165) is 11.8 Å². The highest BCUT2D eigenvalue weighted by Gasteiger charge is 2.49. The van der Waals surface area contributed by atoms with E-state index in [9.17, 15) is 4.79 Å². The van der Waals surface area contributed by atoms with Gasteiger partial charge in [0.2, 0.25) is 0 Å². The van der Waals surface area contributed by atoms with Gasteiger partial charge in [-0.3, -0.25) is 9.78 Å². The second-order valence-electron chi connectivity index (χ2n) is 5.26. The van der Waals surface area contributed by atoms with E-state index in [1.54, 1.807) is 12.3 Å². The van der Waals surface area contributed by atoms with Gasteiger partial charge in [-0.2, -0.15) is 0 Å². The molecule has 4 nitrogen and oxygen atoms in total. The first-order chi connectivity index (χ1) is 7.86. The normalized spacial score (nSPS) is 22.6. The molecule has 0 saturated carbocycles. The molecule has 0 bridgehead atoms. The van der Waals surface area contributed by atoms with E-state index in [0.29, 0.717) is 5.56 Å². The molecule has 0 spiro atoms. The van der Waals surface area contributed by atoms with E-state index in [2.05, 4.69) is 4.98 Å². The van der Waals surface area contributed by atoms with Crippen molar-refractivity contribution in [1.29, 1.82) is 0 Å². The van der Waals surface area contributed by atoms with Crippen LogP contribution < -0.4 is 0 Å². The van der Waals surface area contributed by atoms with Crippen LogP contribution in [0, 0.1) is 0 Å². The summed E-state index contributed by atoms with van der Waals surface area (Å²) in [4.78, 5) is 14.7. The van der Waals surface area contributed by atoms with Gasteiger partial charge in [-0.25, -0.2) is 0 Å². The maximum Gasteiger partial charge on any atom is 0.186 e. The zero-order valence-corrected chi connectivity index (χ0v) is 10.6. The molecule has 0 radical (unpaired) electrons. The van der Waals surface area contributed by atoms with Crippen molar-refractivity contribution in [2.75, 3.05) is 0 Å². The van der Waals surface area contributed by atoms with E-state index in [4.69, 9.17) is 9.47 Å². The Hall–Kier alpha value is -1.26. The maximum atomic E-state index is 10.7. The molecular formula is C13H17NO3. The Morgan fingerprint density at radius 1 is 1.18 bits per heavy atom. The molecule has 1 fully saturated rings. The number of hydrogen-bond acceptors (Lipinski definition) is 4. The largest absolute Gasteiger partial charge is 0.339 e. The molecule has 0 N–H and O–H groups in total. The van der Waals surface area contributed by atoms with E-state index < -0.39 is 6.29 Å². The van der Waals surface area contributed by atoms with Crippen molar-refractivity contribution in [2.24, 2.45) is 0 Å². The Morgan fingerprint density at radius 2 is 1.76 bits per heavy atom. The smallest absolute Gasteiger partial charge is 0.186 e. The molecule has 0 amide bonds. The van der Waals surface area contributed by atoms with Crippen LogP contribution in [0.3, 0.4) is 0 Å². The standard InChI is InChI=1S/C13H17NO3/c1-12(2)13(3,4)17-11(16-12)10-5-9(8-15)6-14-7-10/h5-8,11H,1-4H3. The number of ether oxygens (including phenoxy) is 2. The number of nitrogens with zero attached hydrogens (tertiary/aromatic N) is 1. The lowest BCUT2D eigenvalue weighted by Gasteiger charge is -2.30.